The van der Waals surface area contributed by atoms with Crippen LogP contribution < -0.4 is 5.11 Å². The van der Waals surface area contributed by atoms with E-state index in [-0.39, 0.29) is 6.42 Å². The molecule has 0 aromatic heterocycles. The van der Waals surface area contributed by atoms with E-state index in [4.69, 9.17) is 0 Å². The largest absolute Gasteiger partial charge is 0.550 e. The molecule has 0 rings (SSSR count). The van der Waals surface area contributed by atoms with Crippen LogP contribution in [0.25, 0.3) is 0 Å². The van der Waals surface area contributed by atoms with Crippen LogP contribution in [0.1, 0.15) is 176 Å². The third kappa shape index (κ3) is 28.3. The summed E-state index contributed by atoms with van der Waals surface area (Å²) in [5.74, 6) is -0.905. The fourth-order valence-electron chi connectivity index (χ4n) is 4.93. The van der Waals surface area contributed by atoms with Crippen molar-refractivity contribution in [3.05, 3.63) is 0 Å². The molecule has 0 aliphatic rings. The molecule has 0 aliphatic carbocycles. The van der Waals surface area contributed by atoms with Crippen LogP contribution in [0.2, 0.25) is 0 Å². The normalized spacial score (nSPS) is 11.3. The number of rotatable bonds is 26. The van der Waals surface area contributed by atoms with Crippen molar-refractivity contribution in [2.75, 3.05) is 24.6 Å². The number of carbonyl (C=O) groups is 1. The lowest BCUT2D eigenvalue weighted by Gasteiger charge is -2.28. The van der Waals surface area contributed by atoms with Crippen LogP contribution >= 0.6 is 7.26 Å². The van der Waals surface area contributed by atoms with Gasteiger partial charge in [0.25, 0.3) is 0 Å². The van der Waals surface area contributed by atoms with E-state index in [1.165, 1.54) is 122 Å². The lowest BCUT2D eigenvalue weighted by molar-refractivity contribution is -0.305. The molecule has 0 saturated carbocycles. The van der Waals surface area contributed by atoms with Gasteiger partial charge >= 0.3 is 0 Å². The summed E-state index contributed by atoms with van der Waals surface area (Å²) in [6, 6.07) is 0. The van der Waals surface area contributed by atoms with E-state index in [1.54, 1.807) is 24.6 Å². The van der Waals surface area contributed by atoms with Gasteiger partial charge in [-0.3, -0.25) is 0 Å². The molecule has 35 heavy (non-hydrogen) atoms. The number of carbonyl (C=O) groups excluding carboxylic acids is 1. The lowest BCUT2D eigenvalue weighted by Crippen LogP contribution is -2.21. The van der Waals surface area contributed by atoms with Crippen molar-refractivity contribution in [3.63, 3.8) is 0 Å². The average Bonchev–Trinajstić information content (AvgIpc) is 2.86. The highest BCUT2D eigenvalue weighted by Crippen LogP contribution is 2.61. The third-order valence-corrected chi connectivity index (χ3v) is 12.5. The zero-order valence-corrected chi connectivity index (χ0v) is 26.0. The summed E-state index contributed by atoms with van der Waals surface area (Å²) < 4.78 is 0. The van der Waals surface area contributed by atoms with Crippen molar-refractivity contribution in [2.24, 2.45) is 0 Å². The minimum atomic E-state index is -0.905. The maximum absolute atomic E-state index is 10.2. The molecule has 0 aliphatic heterocycles. The smallest absolute Gasteiger partial charge is 0.0594 e. The van der Waals surface area contributed by atoms with Crippen molar-refractivity contribution in [1.82, 2.24) is 0 Å². The van der Waals surface area contributed by atoms with Crippen molar-refractivity contribution in [3.8, 4) is 0 Å². The van der Waals surface area contributed by atoms with E-state index in [0.29, 0.717) is 0 Å². The van der Waals surface area contributed by atoms with Crippen LogP contribution in [0, 0.1) is 0 Å². The van der Waals surface area contributed by atoms with Gasteiger partial charge in [-0.25, -0.2) is 0 Å². The molecular formula is C32H67O2P. The first-order valence-corrected chi connectivity index (χ1v) is 18.6. The van der Waals surface area contributed by atoms with Crippen molar-refractivity contribution < 1.29 is 9.90 Å². The summed E-state index contributed by atoms with van der Waals surface area (Å²) >= 11 is 0. The van der Waals surface area contributed by atoms with Gasteiger partial charge in [-0.15, -0.1) is 0 Å². The van der Waals surface area contributed by atoms with Crippen LogP contribution in [0.4, 0.5) is 0 Å². The Hall–Kier alpha value is -0.100. The fraction of sp³-hybridized carbons (Fsp3) is 0.969. The average molecular weight is 515 g/mol. The molecule has 0 fully saturated rings. The highest BCUT2D eigenvalue weighted by molar-refractivity contribution is 7.75. The molecule has 0 aromatic carbocycles. The number of carboxylic acids is 1. The molecular weight excluding hydrogens is 447 g/mol. The van der Waals surface area contributed by atoms with E-state index in [2.05, 4.69) is 34.6 Å². The second-order valence-electron chi connectivity index (χ2n) is 11.0. The Bertz CT molecular complexity index is 373. The Morgan fingerprint density at radius 3 is 0.943 bits per heavy atom. The minimum absolute atomic E-state index is 0.234. The van der Waals surface area contributed by atoms with Gasteiger partial charge in [0, 0.05) is 13.2 Å². The molecule has 0 N–H and O–H groups in total. The standard InChI is InChI=1S/C16H32O2.C16H36P/c1-2-3-4-5-6-7-8-9-10-11-12-13-14-15-16(17)18;1-5-9-13-17(14-10-6-2,15-11-7-3)16-12-8-4/h2-15H2,1H3,(H,17,18);5-16H2,1-4H3/q;+1/p-1. The zero-order chi connectivity index (χ0) is 26.5. The van der Waals surface area contributed by atoms with Crippen LogP contribution in [0.15, 0.2) is 0 Å². The summed E-state index contributed by atoms with van der Waals surface area (Å²) in [6.07, 6.45) is 34.9. The molecule has 0 aromatic rings. The summed E-state index contributed by atoms with van der Waals surface area (Å²) in [6.45, 7) is 11.7. The van der Waals surface area contributed by atoms with E-state index in [9.17, 15) is 9.90 Å². The number of hydrogen-bond donors (Lipinski definition) is 0. The number of carboxylic acid groups (broad SMARTS) is 1. The number of hydrogen-bond acceptors (Lipinski definition) is 2. The molecule has 0 radical (unpaired) electrons. The second-order valence-corrected chi connectivity index (χ2v) is 15.5. The molecule has 0 unspecified atom stereocenters. The SMILES string of the molecule is CCCCCCCCCCCCCCCC(=O)[O-].CCCC[P+](CCCC)(CCCC)CCCC. The Kier molecular flexibility index (Phi) is 31.9. The maximum Gasteiger partial charge on any atom is 0.0594 e. The van der Waals surface area contributed by atoms with Gasteiger partial charge in [-0.05, 0) is 38.5 Å². The van der Waals surface area contributed by atoms with Gasteiger partial charge < -0.3 is 9.90 Å². The highest BCUT2D eigenvalue weighted by Gasteiger charge is 2.34. The minimum Gasteiger partial charge on any atom is -0.550 e. The van der Waals surface area contributed by atoms with Crippen LogP contribution in [-0.2, 0) is 4.79 Å². The maximum atomic E-state index is 10.2. The van der Waals surface area contributed by atoms with E-state index in [0.717, 1.165) is 12.8 Å². The van der Waals surface area contributed by atoms with Crippen LogP contribution in [0.3, 0.4) is 0 Å². The summed E-state index contributed by atoms with van der Waals surface area (Å²) in [5, 5.41) is 10.2. The topological polar surface area (TPSA) is 40.1 Å². The summed E-state index contributed by atoms with van der Waals surface area (Å²) in [7, 11) is -0.562. The predicted octanol–water partition coefficient (Wildman–Crippen LogP) is 10.4. The fourth-order valence-corrected chi connectivity index (χ4v) is 10.2. The van der Waals surface area contributed by atoms with Gasteiger partial charge in [0.1, 0.15) is 0 Å². The van der Waals surface area contributed by atoms with Gasteiger partial charge in [-0.1, -0.05) is 137 Å². The van der Waals surface area contributed by atoms with Crippen LogP contribution in [-0.4, -0.2) is 30.6 Å². The number of unbranched alkanes of at least 4 members (excludes halogenated alkanes) is 16. The molecule has 0 atom stereocenters. The Balaban J connectivity index is 0. The molecule has 3 heteroatoms. The molecule has 212 valence electrons. The van der Waals surface area contributed by atoms with E-state index < -0.39 is 13.2 Å². The third-order valence-electron chi connectivity index (χ3n) is 7.43. The molecule has 0 heterocycles. The predicted molar refractivity (Wildman–Crippen MR) is 161 cm³/mol. The molecule has 0 spiro atoms. The second kappa shape index (κ2) is 30.1. The first kappa shape index (κ1) is 37.1. The van der Waals surface area contributed by atoms with Gasteiger partial charge in [0.15, 0.2) is 0 Å². The van der Waals surface area contributed by atoms with Gasteiger partial charge in [-0.2, -0.15) is 0 Å². The Morgan fingerprint density at radius 2 is 0.686 bits per heavy atom. The summed E-state index contributed by atoms with van der Waals surface area (Å²) in [4.78, 5) is 10.2. The van der Waals surface area contributed by atoms with Crippen molar-refractivity contribution in [2.45, 2.75) is 176 Å². The molecule has 0 bridgehead atoms. The Labute approximate surface area is 223 Å². The quantitative estimate of drug-likeness (QED) is 0.0850. The molecule has 0 amide bonds. The van der Waals surface area contributed by atoms with Crippen molar-refractivity contribution in [1.29, 1.82) is 0 Å². The van der Waals surface area contributed by atoms with Gasteiger partial charge in [0.05, 0.1) is 24.6 Å². The lowest BCUT2D eigenvalue weighted by atomic mass is 10.0. The highest BCUT2D eigenvalue weighted by atomic mass is 31.2. The zero-order valence-electron chi connectivity index (χ0n) is 25.1. The monoisotopic (exact) mass is 514 g/mol. The molecule has 2 nitrogen and oxygen atoms in total. The Morgan fingerprint density at radius 1 is 0.429 bits per heavy atom. The van der Waals surface area contributed by atoms with Crippen LogP contribution in [0.5, 0.6) is 0 Å². The summed E-state index contributed by atoms with van der Waals surface area (Å²) in [5.41, 5.74) is 0. The van der Waals surface area contributed by atoms with Gasteiger partial charge in [0.2, 0.25) is 0 Å². The van der Waals surface area contributed by atoms with Crippen molar-refractivity contribution >= 4 is 13.2 Å². The first-order valence-electron chi connectivity index (χ1n) is 16.1. The first-order chi connectivity index (χ1) is 17.0. The van der Waals surface area contributed by atoms with E-state index in [1.807, 2.05) is 0 Å². The number of aliphatic carboxylic acids is 1. The molecule has 0 saturated heterocycles. The van der Waals surface area contributed by atoms with E-state index >= 15 is 0 Å².